The van der Waals surface area contributed by atoms with Gasteiger partial charge >= 0.3 is 5.97 Å². The summed E-state index contributed by atoms with van der Waals surface area (Å²) in [5, 5.41) is 0. The van der Waals surface area contributed by atoms with Crippen LogP contribution in [0.15, 0.2) is 59.5 Å². The van der Waals surface area contributed by atoms with E-state index >= 15 is 0 Å². The lowest BCUT2D eigenvalue weighted by Gasteiger charge is -2.21. The zero-order valence-corrected chi connectivity index (χ0v) is 22.9. The van der Waals surface area contributed by atoms with Gasteiger partial charge < -0.3 is 18.9 Å². The average Bonchev–Trinajstić information content (AvgIpc) is 3.39. The first-order chi connectivity index (χ1) is 18.6. The minimum atomic E-state index is -4.21. The van der Waals surface area contributed by atoms with Gasteiger partial charge in [-0.25, -0.2) is 22.9 Å². The molecule has 1 unspecified atom stereocenters. The molecule has 39 heavy (non-hydrogen) atoms. The molecule has 0 radical (unpaired) electrons. The highest BCUT2D eigenvalue weighted by Gasteiger charge is 2.30. The number of nitrogens with zero attached hydrogens (tertiary/aromatic N) is 1. The van der Waals surface area contributed by atoms with E-state index in [-0.39, 0.29) is 29.0 Å². The van der Waals surface area contributed by atoms with Crippen molar-refractivity contribution in [3.63, 3.8) is 0 Å². The second-order valence-corrected chi connectivity index (χ2v) is 10.9. The summed E-state index contributed by atoms with van der Waals surface area (Å²) in [6.45, 7) is 5.95. The number of nitrogens with one attached hydrogen (secondary N) is 1. The third-order valence-electron chi connectivity index (χ3n) is 6.09. The highest BCUT2D eigenvalue weighted by atomic mass is 32.2. The van der Waals surface area contributed by atoms with Gasteiger partial charge in [0.25, 0.3) is 15.9 Å². The monoisotopic (exact) mass is 554 g/mol. The molecular formula is C28H30N2O8S. The largest absolute Gasteiger partial charge is 0.474 e. The third-order valence-corrected chi connectivity index (χ3v) is 7.45. The van der Waals surface area contributed by atoms with Crippen molar-refractivity contribution in [2.24, 2.45) is 0 Å². The smallest absolute Gasteiger partial charge is 0.356 e. The predicted octanol–water partition coefficient (Wildman–Crippen LogP) is 4.30. The molecule has 0 saturated heterocycles. The van der Waals surface area contributed by atoms with E-state index in [1.165, 1.54) is 31.4 Å². The molecule has 1 aliphatic heterocycles. The topological polar surface area (TPSA) is 130 Å². The number of benzene rings is 2. The van der Waals surface area contributed by atoms with Crippen LogP contribution in [-0.4, -0.2) is 39.2 Å². The Kier molecular flexibility index (Phi) is 8.39. The van der Waals surface area contributed by atoms with E-state index < -0.39 is 28.0 Å². The van der Waals surface area contributed by atoms with Crippen LogP contribution in [0.2, 0.25) is 0 Å². The van der Waals surface area contributed by atoms with Crippen LogP contribution in [0.1, 0.15) is 66.5 Å². The number of rotatable bonds is 10. The summed E-state index contributed by atoms with van der Waals surface area (Å²) in [5.41, 5.74) is 1.81. The quantitative estimate of drug-likeness (QED) is 0.365. The van der Waals surface area contributed by atoms with Gasteiger partial charge in [-0.05, 0) is 54.3 Å². The van der Waals surface area contributed by atoms with Gasteiger partial charge in [-0.3, -0.25) is 4.79 Å². The van der Waals surface area contributed by atoms with Crippen molar-refractivity contribution in [2.75, 3.05) is 13.9 Å². The molecule has 206 valence electrons. The van der Waals surface area contributed by atoms with Crippen molar-refractivity contribution in [3.8, 4) is 17.2 Å². The van der Waals surface area contributed by atoms with Crippen molar-refractivity contribution >= 4 is 21.9 Å². The number of sulfonamides is 1. The molecule has 0 spiro atoms. The van der Waals surface area contributed by atoms with Gasteiger partial charge in [-0.2, -0.15) is 0 Å². The number of aryl methyl sites for hydroxylation is 1. The number of fused-ring (bicyclic) bond motifs is 1. The van der Waals surface area contributed by atoms with E-state index in [9.17, 15) is 18.0 Å². The fraction of sp³-hybridized carbons (Fsp3) is 0.321. The molecular weight excluding hydrogens is 524 g/mol. The maximum atomic E-state index is 13.5. The van der Waals surface area contributed by atoms with Crippen LogP contribution in [0.5, 0.6) is 17.2 Å². The minimum Gasteiger partial charge on any atom is -0.474 e. The number of esters is 1. The molecule has 1 atom stereocenters. The molecule has 2 aromatic carbocycles. The van der Waals surface area contributed by atoms with Crippen LogP contribution < -0.4 is 18.9 Å². The van der Waals surface area contributed by atoms with E-state index in [0.717, 1.165) is 5.56 Å². The summed E-state index contributed by atoms with van der Waals surface area (Å²) in [5.74, 6) is -0.196. The first kappa shape index (κ1) is 27.9. The standard InChI is InChI=1S/C28H30N2O8S/c1-5-6-21-23(14-12-22(29-21)28(32)35-4)38-26(19-9-13-24-25(15-19)37-16-36-24)27(31)30-39(33,34)20-10-7-18(8-11-20)17(2)3/h7-15,17,26H,5-6,16H2,1-4H3,(H,30,31). The van der Waals surface area contributed by atoms with Gasteiger partial charge in [0, 0.05) is 5.56 Å². The fourth-order valence-electron chi connectivity index (χ4n) is 3.98. The van der Waals surface area contributed by atoms with Crippen LogP contribution in [0.25, 0.3) is 0 Å². The molecule has 11 heteroatoms. The van der Waals surface area contributed by atoms with Crippen molar-refractivity contribution < 1.29 is 37.0 Å². The zero-order chi connectivity index (χ0) is 28.2. The number of ether oxygens (including phenoxy) is 4. The summed E-state index contributed by atoms with van der Waals surface area (Å²) in [7, 11) is -2.96. The summed E-state index contributed by atoms with van der Waals surface area (Å²) in [6.07, 6.45) is -0.281. The maximum Gasteiger partial charge on any atom is 0.356 e. The lowest BCUT2D eigenvalue weighted by atomic mass is 10.0. The Balaban J connectivity index is 1.69. The second kappa shape index (κ2) is 11.7. The van der Waals surface area contributed by atoms with Gasteiger partial charge in [0.2, 0.25) is 12.9 Å². The maximum absolute atomic E-state index is 13.5. The summed E-state index contributed by atoms with van der Waals surface area (Å²) in [4.78, 5) is 29.8. The van der Waals surface area contributed by atoms with Gasteiger partial charge in [0.1, 0.15) is 11.4 Å². The molecule has 1 amide bonds. The van der Waals surface area contributed by atoms with Crippen molar-refractivity contribution in [3.05, 3.63) is 77.1 Å². The summed E-state index contributed by atoms with van der Waals surface area (Å²) >= 11 is 0. The molecule has 0 fully saturated rings. The predicted molar refractivity (Wildman–Crippen MR) is 141 cm³/mol. The van der Waals surface area contributed by atoms with Crippen molar-refractivity contribution in [1.82, 2.24) is 9.71 Å². The Labute approximate surface area is 227 Å². The van der Waals surface area contributed by atoms with E-state index in [1.54, 1.807) is 30.3 Å². The van der Waals surface area contributed by atoms with Crippen LogP contribution in [0.3, 0.4) is 0 Å². The van der Waals surface area contributed by atoms with Crippen LogP contribution >= 0.6 is 0 Å². The normalized spacial score (nSPS) is 13.2. The molecule has 3 aromatic rings. The number of hydrogen-bond acceptors (Lipinski definition) is 9. The molecule has 1 N–H and O–H groups in total. The number of carbonyl (C=O) groups excluding carboxylic acids is 2. The highest BCUT2D eigenvalue weighted by Crippen LogP contribution is 2.36. The Morgan fingerprint density at radius 3 is 2.36 bits per heavy atom. The number of aromatic nitrogens is 1. The van der Waals surface area contributed by atoms with Crippen LogP contribution in [0, 0.1) is 0 Å². The van der Waals surface area contributed by atoms with Crippen molar-refractivity contribution in [2.45, 2.75) is 50.5 Å². The molecule has 10 nitrogen and oxygen atoms in total. The Morgan fingerprint density at radius 2 is 1.69 bits per heavy atom. The summed E-state index contributed by atoms with van der Waals surface area (Å²) < 4.78 is 50.1. The van der Waals surface area contributed by atoms with Crippen molar-refractivity contribution in [1.29, 1.82) is 0 Å². The third kappa shape index (κ3) is 6.31. The Morgan fingerprint density at radius 1 is 1.00 bits per heavy atom. The van der Waals surface area contributed by atoms with Gasteiger partial charge in [0.15, 0.2) is 11.5 Å². The minimum absolute atomic E-state index is 0.0246. The SMILES string of the molecule is CCCc1nc(C(=O)OC)ccc1OC(C(=O)NS(=O)(=O)c1ccc(C(C)C)cc1)c1ccc2c(c1)OCO2. The average molecular weight is 555 g/mol. The fourth-order valence-corrected chi connectivity index (χ4v) is 4.97. The van der Waals surface area contributed by atoms with Gasteiger partial charge in [-0.1, -0.05) is 45.4 Å². The number of methoxy groups -OCH3 is 1. The number of carbonyl (C=O) groups is 2. The Bertz CT molecular complexity index is 1470. The van der Waals surface area contributed by atoms with Crippen LogP contribution in [0.4, 0.5) is 0 Å². The molecule has 2 heterocycles. The van der Waals surface area contributed by atoms with E-state index in [1.807, 2.05) is 20.8 Å². The first-order valence-electron chi connectivity index (χ1n) is 12.4. The lowest BCUT2D eigenvalue weighted by Crippen LogP contribution is -2.37. The van der Waals surface area contributed by atoms with E-state index in [0.29, 0.717) is 35.6 Å². The molecule has 0 saturated carbocycles. The van der Waals surface area contributed by atoms with Gasteiger partial charge in [0.05, 0.1) is 17.7 Å². The number of hydrogen-bond donors (Lipinski definition) is 1. The molecule has 1 aliphatic rings. The van der Waals surface area contributed by atoms with E-state index in [4.69, 9.17) is 18.9 Å². The molecule has 4 rings (SSSR count). The van der Waals surface area contributed by atoms with Crippen LogP contribution in [-0.2, 0) is 26.0 Å². The molecule has 0 aliphatic carbocycles. The highest BCUT2D eigenvalue weighted by molar-refractivity contribution is 7.90. The molecule has 1 aromatic heterocycles. The lowest BCUT2D eigenvalue weighted by molar-refractivity contribution is -0.126. The van der Waals surface area contributed by atoms with Gasteiger partial charge in [-0.15, -0.1) is 0 Å². The second-order valence-electron chi connectivity index (χ2n) is 9.19. The number of pyridine rings is 1. The number of amides is 1. The first-order valence-corrected chi connectivity index (χ1v) is 13.9. The molecule has 0 bridgehead atoms. The Hall–Kier alpha value is -4.12. The van der Waals surface area contributed by atoms with E-state index in [2.05, 4.69) is 9.71 Å². The summed E-state index contributed by atoms with van der Waals surface area (Å²) in [6, 6.07) is 14.0. The zero-order valence-electron chi connectivity index (χ0n) is 22.1.